The molecule has 0 bridgehead atoms. The van der Waals surface area contributed by atoms with Gasteiger partial charge >= 0.3 is 0 Å². The van der Waals surface area contributed by atoms with E-state index >= 15 is 0 Å². The molecule has 2 rings (SSSR count). The first kappa shape index (κ1) is 14.2. The van der Waals surface area contributed by atoms with E-state index in [2.05, 4.69) is 0 Å². The van der Waals surface area contributed by atoms with Gasteiger partial charge in [-0.25, -0.2) is 0 Å². The van der Waals surface area contributed by atoms with E-state index in [0.29, 0.717) is 26.9 Å². The quantitative estimate of drug-likeness (QED) is 0.917. The Morgan fingerprint density at radius 3 is 2.32 bits per heavy atom. The lowest BCUT2D eigenvalue weighted by Gasteiger charge is -2.27. The normalized spacial score (nSPS) is 13.9. The van der Waals surface area contributed by atoms with Crippen molar-refractivity contribution in [1.29, 1.82) is 0 Å². The number of rotatable bonds is 3. The third kappa shape index (κ3) is 2.57. The van der Waals surface area contributed by atoms with Crippen LogP contribution in [0.25, 0.3) is 0 Å². The summed E-state index contributed by atoms with van der Waals surface area (Å²) in [5, 5.41) is 11.6. The Balaban J connectivity index is 2.62. The number of methoxy groups -OCH3 is 1. The van der Waals surface area contributed by atoms with Crippen LogP contribution in [0.1, 0.15) is 18.1 Å². The Labute approximate surface area is 122 Å². The Bertz CT molecular complexity index is 594. The lowest BCUT2D eigenvalue weighted by atomic mass is 9.87. The molecule has 4 heteroatoms. The van der Waals surface area contributed by atoms with Gasteiger partial charge in [0.15, 0.2) is 0 Å². The first-order valence-electron chi connectivity index (χ1n) is 5.79. The highest BCUT2D eigenvalue weighted by Crippen LogP contribution is 2.40. The molecule has 0 aliphatic heterocycles. The van der Waals surface area contributed by atoms with E-state index in [1.807, 2.05) is 12.1 Å². The number of halogens is 2. The summed E-state index contributed by atoms with van der Waals surface area (Å²) in [7, 11) is 1.56. The molecular weight excluding hydrogens is 283 g/mol. The molecule has 19 heavy (non-hydrogen) atoms. The highest BCUT2D eigenvalue weighted by molar-refractivity contribution is 6.42. The van der Waals surface area contributed by atoms with Crippen molar-refractivity contribution in [3.05, 3.63) is 63.6 Å². The van der Waals surface area contributed by atoms with Crippen molar-refractivity contribution >= 4 is 23.2 Å². The number of benzene rings is 2. The molecule has 0 saturated carbocycles. The largest absolute Gasteiger partial charge is 0.496 e. The maximum atomic E-state index is 10.9. The van der Waals surface area contributed by atoms with Crippen LogP contribution in [0, 0.1) is 0 Å². The zero-order valence-electron chi connectivity index (χ0n) is 10.7. The number of aliphatic hydroxyl groups is 1. The minimum Gasteiger partial charge on any atom is -0.496 e. The Morgan fingerprint density at radius 1 is 1.00 bits per heavy atom. The van der Waals surface area contributed by atoms with Crippen LogP contribution in [0.2, 0.25) is 10.0 Å². The number of hydrogen-bond donors (Lipinski definition) is 1. The smallest absolute Gasteiger partial charge is 0.125 e. The highest BCUT2D eigenvalue weighted by atomic mass is 35.5. The van der Waals surface area contributed by atoms with Crippen molar-refractivity contribution in [1.82, 2.24) is 0 Å². The molecule has 0 radical (unpaired) electrons. The lowest BCUT2D eigenvalue weighted by Crippen LogP contribution is -2.24. The van der Waals surface area contributed by atoms with Crippen LogP contribution in [0.15, 0.2) is 42.5 Å². The van der Waals surface area contributed by atoms with Gasteiger partial charge in [-0.2, -0.15) is 0 Å². The SMILES string of the molecule is COc1ccccc1C(C)(O)c1cccc(Cl)c1Cl. The van der Waals surface area contributed by atoms with E-state index in [1.165, 1.54) is 0 Å². The second kappa shape index (κ2) is 5.41. The Morgan fingerprint density at radius 2 is 1.63 bits per heavy atom. The average molecular weight is 297 g/mol. The van der Waals surface area contributed by atoms with E-state index in [9.17, 15) is 5.11 Å². The molecule has 0 fully saturated rings. The van der Waals surface area contributed by atoms with Gasteiger partial charge in [0.1, 0.15) is 11.4 Å². The van der Waals surface area contributed by atoms with E-state index in [-0.39, 0.29) is 0 Å². The summed E-state index contributed by atoms with van der Waals surface area (Å²) in [6.07, 6.45) is 0. The third-order valence-corrected chi connectivity index (χ3v) is 3.93. The molecule has 0 aliphatic rings. The van der Waals surface area contributed by atoms with Crippen molar-refractivity contribution in [3.8, 4) is 5.75 Å². The van der Waals surface area contributed by atoms with E-state index in [1.54, 1.807) is 44.4 Å². The number of hydrogen-bond acceptors (Lipinski definition) is 2. The second-order valence-corrected chi connectivity index (χ2v) is 5.16. The maximum absolute atomic E-state index is 10.9. The molecule has 0 saturated heterocycles. The van der Waals surface area contributed by atoms with Gasteiger partial charge in [-0.1, -0.05) is 53.5 Å². The van der Waals surface area contributed by atoms with Crippen molar-refractivity contribution < 1.29 is 9.84 Å². The molecule has 0 spiro atoms. The summed E-state index contributed by atoms with van der Waals surface area (Å²) in [5.74, 6) is 0.601. The van der Waals surface area contributed by atoms with Crippen LogP contribution in [0.5, 0.6) is 5.75 Å². The monoisotopic (exact) mass is 296 g/mol. The molecule has 1 unspecified atom stereocenters. The van der Waals surface area contributed by atoms with Crippen molar-refractivity contribution in [2.24, 2.45) is 0 Å². The van der Waals surface area contributed by atoms with Gasteiger partial charge in [0.25, 0.3) is 0 Å². The lowest BCUT2D eigenvalue weighted by molar-refractivity contribution is 0.0991. The number of para-hydroxylation sites is 1. The fourth-order valence-electron chi connectivity index (χ4n) is 2.07. The van der Waals surface area contributed by atoms with Gasteiger partial charge in [0.05, 0.1) is 17.2 Å². The molecule has 2 nitrogen and oxygen atoms in total. The molecular formula is C15H14Cl2O2. The molecule has 0 amide bonds. The minimum absolute atomic E-state index is 0.347. The second-order valence-electron chi connectivity index (χ2n) is 4.37. The van der Waals surface area contributed by atoms with E-state index in [0.717, 1.165) is 0 Å². The summed E-state index contributed by atoms with van der Waals surface area (Å²) >= 11 is 12.2. The fourth-order valence-corrected chi connectivity index (χ4v) is 2.56. The molecule has 100 valence electrons. The molecule has 2 aromatic carbocycles. The van der Waals surface area contributed by atoms with Crippen LogP contribution in [-0.4, -0.2) is 12.2 Å². The predicted octanol–water partition coefficient (Wildman–Crippen LogP) is 4.26. The van der Waals surface area contributed by atoms with Crippen molar-refractivity contribution in [2.45, 2.75) is 12.5 Å². The standard InChI is InChI=1S/C15H14Cl2O2/c1-15(18,10-6-3-4-9-13(10)19-2)11-7-5-8-12(16)14(11)17/h3-9,18H,1-2H3. The first-order chi connectivity index (χ1) is 8.98. The van der Waals surface area contributed by atoms with Crippen LogP contribution in [0.3, 0.4) is 0 Å². The van der Waals surface area contributed by atoms with E-state index in [4.69, 9.17) is 27.9 Å². The predicted molar refractivity (Wildman–Crippen MR) is 78.1 cm³/mol. The summed E-state index contributed by atoms with van der Waals surface area (Å²) in [6, 6.07) is 12.5. The minimum atomic E-state index is -1.28. The summed E-state index contributed by atoms with van der Waals surface area (Å²) in [4.78, 5) is 0. The molecule has 1 atom stereocenters. The van der Waals surface area contributed by atoms with Gasteiger partial charge in [-0.3, -0.25) is 0 Å². The van der Waals surface area contributed by atoms with Crippen LogP contribution >= 0.6 is 23.2 Å². The summed E-state index contributed by atoms with van der Waals surface area (Å²) < 4.78 is 5.29. The highest BCUT2D eigenvalue weighted by Gasteiger charge is 2.31. The molecule has 0 aliphatic carbocycles. The van der Waals surface area contributed by atoms with Crippen molar-refractivity contribution in [2.75, 3.05) is 7.11 Å². The zero-order chi connectivity index (χ0) is 14.0. The van der Waals surface area contributed by atoms with Gasteiger partial charge in [-0.15, -0.1) is 0 Å². The van der Waals surface area contributed by atoms with Gasteiger partial charge in [-0.05, 0) is 19.1 Å². The fraction of sp³-hybridized carbons (Fsp3) is 0.200. The Kier molecular flexibility index (Phi) is 4.04. The molecule has 2 aromatic rings. The third-order valence-electron chi connectivity index (χ3n) is 3.11. The van der Waals surface area contributed by atoms with Crippen LogP contribution < -0.4 is 4.74 Å². The average Bonchev–Trinajstić information content (AvgIpc) is 2.41. The molecule has 1 N–H and O–H groups in total. The zero-order valence-corrected chi connectivity index (χ0v) is 12.2. The van der Waals surface area contributed by atoms with Gasteiger partial charge in [0.2, 0.25) is 0 Å². The van der Waals surface area contributed by atoms with Gasteiger partial charge in [0, 0.05) is 11.1 Å². The van der Waals surface area contributed by atoms with E-state index < -0.39 is 5.60 Å². The topological polar surface area (TPSA) is 29.5 Å². The maximum Gasteiger partial charge on any atom is 0.125 e. The van der Waals surface area contributed by atoms with Gasteiger partial charge < -0.3 is 9.84 Å². The van der Waals surface area contributed by atoms with Crippen molar-refractivity contribution in [3.63, 3.8) is 0 Å². The van der Waals surface area contributed by atoms with Crippen LogP contribution in [-0.2, 0) is 5.60 Å². The Hall–Kier alpha value is -1.22. The molecule has 0 aromatic heterocycles. The summed E-state index contributed by atoms with van der Waals surface area (Å²) in [6.45, 7) is 1.67. The first-order valence-corrected chi connectivity index (χ1v) is 6.54. The summed E-state index contributed by atoms with van der Waals surface area (Å²) in [5.41, 5.74) is -0.0953. The molecule has 0 heterocycles. The van der Waals surface area contributed by atoms with Crippen LogP contribution in [0.4, 0.5) is 0 Å². The number of ether oxygens (including phenoxy) is 1.